The predicted molar refractivity (Wildman–Crippen MR) is 77.5 cm³/mol. The highest BCUT2D eigenvalue weighted by atomic mass is 32.2. The van der Waals surface area contributed by atoms with Crippen molar-refractivity contribution in [3.05, 3.63) is 23.3 Å². The Labute approximate surface area is 118 Å². The normalized spacial score (nSPS) is 20.3. The number of fused-ring (bicyclic) bond motifs is 1. The molecule has 0 saturated heterocycles. The summed E-state index contributed by atoms with van der Waals surface area (Å²) in [4.78, 5) is 20.9. The minimum atomic E-state index is 0.225. The van der Waals surface area contributed by atoms with Gasteiger partial charge < -0.3 is 0 Å². The lowest BCUT2D eigenvalue weighted by Gasteiger charge is -2.09. The van der Waals surface area contributed by atoms with Crippen molar-refractivity contribution in [2.24, 2.45) is 0 Å². The third-order valence-corrected chi connectivity index (χ3v) is 5.40. The summed E-state index contributed by atoms with van der Waals surface area (Å²) in [5, 5.41) is 0.795. The molecule has 3 nitrogen and oxygen atoms in total. The summed E-state index contributed by atoms with van der Waals surface area (Å²) in [5.41, 5.74) is 1.76. The molecular weight excluding hydrogens is 256 g/mol. The number of aromatic nitrogens is 2. The number of aryl methyl sites for hydroxylation is 1. The van der Waals surface area contributed by atoms with Gasteiger partial charge in [0.25, 0.3) is 0 Å². The molecule has 102 valence electrons. The van der Waals surface area contributed by atoms with E-state index in [1.165, 1.54) is 25.7 Å². The molecule has 0 amide bonds. The van der Waals surface area contributed by atoms with Gasteiger partial charge in [0.15, 0.2) is 5.78 Å². The lowest BCUT2D eigenvalue weighted by atomic mass is 10.1. The fourth-order valence-corrected chi connectivity index (χ4v) is 4.10. The van der Waals surface area contributed by atoms with E-state index in [0.717, 1.165) is 47.3 Å². The van der Waals surface area contributed by atoms with Crippen LogP contribution in [0.3, 0.4) is 0 Å². The summed E-state index contributed by atoms with van der Waals surface area (Å²) in [6.07, 6.45) is 10.8. The standard InChI is InChI=1S/C15H20N2OS/c18-14-8-4-3-7-13-12(14)9-16-15(17-13)10-19-11-5-1-2-6-11/h9,11H,1-8,10H2. The van der Waals surface area contributed by atoms with Crippen LogP contribution in [0.1, 0.15) is 66.8 Å². The van der Waals surface area contributed by atoms with E-state index in [4.69, 9.17) is 0 Å². The number of carbonyl (C=O) groups is 1. The molecule has 2 aliphatic carbocycles. The minimum Gasteiger partial charge on any atom is -0.294 e. The summed E-state index contributed by atoms with van der Waals surface area (Å²) in [5.74, 6) is 2.03. The van der Waals surface area contributed by atoms with Gasteiger partial charge in [-0.05, 0) is 32.1 Å². The first-order valence-corrected chi connectivity index (χ1v) is 8.37. The van der Waals surface area contributed by atoms with Gasteiger partial charge in [0.05, 0.1) is 17.0 Å². The Balaban J connectivity index is 1.69. The maximum absolute atomic E-state index is 11.9. The largest absolute Gasteiger partial charge is 0.294 e. The van der Waals surface area contributed by atoms with Crippen LogP contribution in [0.4, 0.5) is 0 Å². The van der Waals surface area contributed by atoms with Crippen LogP contribution in [0.25, 0.3) is 0 Å². The monoisotopic (exact) mass is 276 g/mol. The van der Waals surface area contributed by atoms with Gasteiger partial charge in [-0.3, -0.25) is 4.79 Å². The van der Waals surface area contributed by atoms with Crippen molar-refractivity contribution in [2.75, 3.05) is 0 Å². The van der Waals surface area contributed by atoms with Gasteiger partial charge in [-0.15, -0.1) is 0 Å². The van der Waals surface area contributed by atoms with Crippen LogP contribution in [0.2, 0.25) is 0 Å². The summed E-state index contributed by atoms with van der Waals surface area (Å²) in [7, 11) is 0. The summed E-state index contributed by atoms with van der Waals surface area (Å²) < 4.78 is 0. The van der Waals surface area contributed by atoms with Crippen molar-refractivity contribution in [1.82, 2.24) is 9.97 Å². The third kappa shape index (κ3) is 3.16. The molecule has 3 rings (SSSR count). The number of rotatable bonds is 3. The summed E-state index contributed by atoms with van der Waals surface area (Å²) >= 11 is 1.98. The Kier molecular flexibility index (Phi) is 4.16. The molecule has 1 fully saturated rings. The molecule has 1 aromatic heterocycles. The first-order chi connectivity index (χ1) is 9.33. The molecule has 0 aromatic carbocycles. The number of hydrogen-bond acceptors (Lipinski definition) is 4. The molecule has 4 heteroatoms. The van der Waals surface area contributed by atoms with Crippen LogP contribution in [-0.2, 0) is 12.2 Å². The average Bonchev–Trinajstić information content (AvgIpc) is 2.88. The number of Topliss-reactive ketones (excluding diaryl/α,β-unsaturated/α-hetero) is 1. The predicted octanol–water partition coefficient (Wildman–Crippen LogP) is 3.56. The fraction of sp³-hybridized carbons (Fsp3) is 0.667. The van der Waals surface area contributed by atoms with Gasteiger partial charge in [-0.1, -0.05) is 12.8 Å². The van der Waals surface area contributed by atoms with Crippen LogP contribution in [0.5, 0.6) is 0 Å². The first kappa shape index (κ1) is 13.1. The number of ketones is 1. The highest BCUT2D eigenvalue weighted by Crippen LogP contribution is 2.31. The highest BCUT2D eigenvalue weighted by molar-refractivity contribution is 7.99. The van der Waals surface area contributed by atoms with Crippen LogP contribution in [0.15, 0.2) is 6.20 Å². The van der Waals surface area contributed by atoms with Crippen LogP contribution >= 0.6 is 11.8 Å². The van der Waals surface area contributed by atoms with Crippen molar-refractivity contribution in [3.63, 3.8) is 0 Å². The maximum Gasteiger partial charge on any atom is 0.166 e. The molecule has 1 saturated carbocycles. The molecule has 0 N–H and O–H groups in total. The van der Waals surface area contributed by atoms with E-state index >= 15 is 0 Å². The zero-order valence-electron chi connectivity index (χ0n) is 11.2. The van der Waals surface area contributed by atoms with Gasteiger partial charge in [0.2, 0.25) is 0 Å². The van der Waals surface area contributed by atoms with Gasteiger partial charge in [-0.25, -0.2) is 9.97 Å². The minimum absolute atomic E-state index is 0.225. The SMILES string of the molecule is O=C1CCCCc2nc(CSC3CCCC3)ncc21. The van der Waals surface area contributed by atoms with E-state index in [1.54, 1.807) is 6.20 Å². The van der Waals surface area contributed by atoms with E-state index in [-0.39, 0.29) is 5.78 Å². The van der Waals surface area contributed by atoms with E-state index < -0.39 is 0 Å². The van der Waals surface area contributed by atoms with Gasteiger partial charge in [0.1, 0.15) is 5.82 Å². The van der Waals surface area contributed by atoms with Crippen molar-refractivity contribution in [2.45, 2.75) is 62.4 Å². The summed E-state index contributed by atoms with van der Waals surface area (Å²) in [6, 6.07) is 0. The van der Waals surface area contributed by atoms with Gasteiger partial charge in [-0.2, -0.15) is 11.8 Å². The van der Waals surface area contributed by atoms with E-state index in [9.17, 15) is 4.79 Å². The maximum atomic E-state index is 11.9. The molecule has 0 aliphatic heterocycles. The Morgan fingerprint density at radius 1 is 1.16 bits per heavy atom. The molecule has 1 aromatic rings. The number of carbonyl (C=O) groups excluding carboxylic acids is 1. The van der Waals surface area contributed by atoms with Crippen molar-refractivity contribution in [3.8, 4) is 0 Å². The lowest BCUT2D eigenvalue weighted by Crippen LogP contribution is -2.07. The Morgan fingerprint density at radius 3 is 2.79 bits per heavy atom. The molecule has 0 bridgehead atoms. The first-order valence-electron chi connectivity index (χ1n) is 7.32. The second-order valence-corrected chi connectivity index (χ2v) is 6.78. The van der Waals surface area contributed by atoms with Crippen molar-refractivity contribution in [1.29, 1.82) is 0 Å². The molecule has 0 spiro atoms. The molecule has 0 atom stereocenters. The smallest absolute Gasteiger partial charge is 0.166 e. The molecule has 19 heavy (non-hydrogen) atoms. The number of nitrogens with zero attached hydrogens (tertiary/aromatic N) is 2. The Hall–Kier alpha value is -0.900. The average molecular weight is 276 g/mol. The molecule has 1 heterocycles. The van der Waals surface area contributed by atoms with E-state index in [1.807, 2.05) is 11.8 Å². The van der Waals surface area contributed by atoms with Gasteiger partial charge >= 0.3 is 0 Å². The lowest BCUT2D eigenvalue weighted by molar-refractivity contribution is 0.0981. The zero-order valence-corrected chi connectivity index (χ0v) is 12.0. The van der Waals surface area contributed by atoms with Gasteiger partial charge in [0, 0.05) is 17.9 Å². The second kappa shape index (κ2) is 6.04. The zero-order chi connectivity index (χ0) is 13.1. The van der Waals surface area contributed by atoms with Crippen molar-refractivity contribution >= 4 is 17.5 Å². The molecule has 0 radical (unpaired) electrons. The van der Waals surface area contributed by atoms with Crippen molar-refractivity contribution < 1.29 is 4.79 Å². The van der Waals surface area contributed by atoms with Crippen LogP contribution in [0, 0.1) is 0 Å². The number of hydrogen-bond donors (Lipinski definition) is 0. The second-order valence-electron chi connectivity index (χ2n) is 5.49. The van der Waals surface area contributed by atoms with E-state index in [2.05, 4.69) is 9.97 Å². The topological polar surface area (TPSA) is 42.9 Å². The highest BCUT2D eigenvalue weighted by Gasteiger charge is 2.19. The molecule has 0 unspecified atom stereocenters. The fourth-order valence-electron chi connectivity index (χ4n) is 2.91. The third-order valence-electron chi connectivity index (χ3n) is 4.04. The van der Waals surface area contributed by atoms with Crippen LogP contribution < -0.4 is 0 Å². The van der Waals surface area contributed by atoms with E-state index in [0.29, 0.717) is 6.42 Å². The van der Waals surface area contributed by atoms with Crippen LogP contribution in [-0.4, -0.2) is 21.0 Å². The molecular formula is C15H20N2OS. The number of thioether (sulfide) groups is 1. The molecule has 2 aliphatic rings. The quantitative estimate of drug-likeness (QED) is 0.792. The summed E-state index contributed by atoms with van der Waals surface area (Å²) in [6.45, 7) is 0. The Bertz CT molecular complexity index is 469. The Morgan fingerprint density at radius 2 is 1.95 bits per heavy atom.